The number of para-hydroxylation sites is 1. The average Bonchev–Trinajstić information content (AvgIpc) is 2.49. The second kappa shape index (κ2) is 6.50. The standard InChI is InChI=1S/C17H19BrO3/c1-10-9-13(18)11(2)15(17(10)21-4)16(19)12-7-5-6-8-14(12)20-3/h5-9,16,19H,1-4H3. The van der Waals surface area contributed by atoms with Crippen LogP contribution in [0.1, 0.15) is 28.4 Å². The van der Waals surface area contributed by atoms with Crippen molar-refractivity contribution in [3.63, 3.8) is 0 Å². The Bertz CT molecular complexity index is 653. The van der Waals surface area contributed by atoms with Crippen LogP contribution in [-0.2, 0) is 0 Å². The molecular formula is C17H19BrO3. The smallest absolute Gasteiger partial charge is 0.128 e. The molecule has 21 heavy (non-hydrogen) atoms. The van der Waals surface area contributed by atoms with Gasteiger partial charge in [-0.2, -0.15) is 0 Å². The fourth-order valence-electron chi connectivity index (χ4n) is 2.52. The summed E-state index contributed by atoms with van der Waals surface area (Å²) in [6.45, 7) is 3.92. The van der Waals surface area contributed by atoms with E-state index in [4.69, 9.17) is 9.47 Å². The maximum atomic E-state index is 10.9. The van der Waals surface area contributed by atoms with Gasteiger partial charge in [0, 0.05) is 15.6 Å². The average molecular weight is 351 g/mol. The minimum atomic E-state index is -0.813. The van der Waals surface area contributed by atoms with Crippen LogP contribution in [0, 0.1) is 13.8 Å². The van der Waals surface area contributed by atoms with E-state index in [1.54, 1.807) is 14.2 Å². The summed E-state index contributed by atoms with van der Waals surface area (Å²) in [5.41, 5.74) is 3.41. The van der Waals surface area contributed by atoms with Crippen LogP contribution in [0.3, 0.4) is 0 Å². The normalized spacial score (nSPS) is 12.1. The highest BCUT2D eigenvalue weighted by molar-refractivity contribution is 9.10. The molecule has 1 unspecified atom stereocenters. The Morgan fingerprint density at radius 3 is 2.38 bits per heavy atom. The van der Waals surface area contributed by atoms with Crippen LogP contribution in [0.5, 0.6) is 11.5 Å². The zero-order chi connectivity index (χ0) is 15.6. The first-order valence-electron chi connectivity index (χ1n) is 6.65. The molecule has 2 rings (SSSR count). The molecule has 1 atom stereocenters. The lowest BCUT2D eigenvalue weighted by Crippen LogP contribution is -2.08. The summed E-state index contributed by atoms with van der Waals surface area (Å²) in [5.74, 6) is 1.36. The number of halogens is 1. The van der Waals surface area contributed by atoms with Crippen molar-refractivity contribution < 1.29 is 14.6 Å². The van der Waals surface area contributed by atoms with Crippen LogP contribution in [0.2, 0.25) is 0 Å². The molecule has 112 valence electrons. The van der Waals surface area contributed by atoms with Gasteiger partial charge in [-0.3, -0.25) is 0 Å². The highest BCUT2D eigenvalue weighted by atomic mass is 79.9. The summed E-state index contributed by atoms with van der Waals surface area (Å²) in [5, 5.41) is 10.9. The topological polar surface area (TPSA) is 38.7 Å². The molecule has 0 aliphatic carbocycles. The Morgan fingerprint density at radius 2 is 1.76 bits per heavy atom. The summed E-state index contributed by atoms with van der Waals surface area (Å²) < 4.78 is 11.8. The van der Waals surface area contributed by atoms with Crippen molar-refractivity contribution in [3.8, 4) is 11.5 Å². The molecule has 0 aromatic heterocycles. The van der Waals surface area contributed by atoms with Gasteiger partial charge in [-0.15, -0.1) is 0 Å². The summed E-state index contributed by atoms with van der Waals surface area (Å²) in [6.07, 6.45) is -0.813. The molecule has 0 heterocycles. The van der Waals surface area contributed by atoms with E-state index in [9.17, 15) is 5.11 Å². The lowest BCUT2D eigenvalue weighted by molar-refractivity contribution is 0.208. The zero-order valence-corrected chi connectivity index (χ0v) is 14.2. The third kappa shape index (κ3) is 2.92. The van der Waals surface area contributed by atoms with Gasteiger partial charge < -0.3 is 14.6 Å². The van der Waals surface area contributed by atoms with Crippen molar-refractivity contribution in [2.45, 2.75) is 20.0 Å². The van der Waals surface area contributed by atoms with Crippen molar-refractivity contribution in [1.82, 2.24) is 0 Å². The van der Waals surface area contributed by atoms with Crippen molar-refractivity contribution in [3.05, 3.63) is 57.1 Å². The molecule has 0 bridgehead atoms. The van der Waals surface area contributed by atoms with Gasteiger partial charge in [0.1, 0.15) is 17.6 Å². The van der Waals surface area contributed by atoms with Gasteiger partial charge in [0.25, 0.3) is 0 Å². The number of rotatable bonds is 4. The second-order valence-electron chi connectivity index (χ2n) is 4.89. The number of hydrogen-bond donors (Lipinski definition) is 1. The molecule has 0 aliphatic heterocycles. The Labute approximate surface area is 133 Å². The third-order valence-corrected chi connectivity index (χ3v) is 4.44. The van der Waals surface area contributed by atoms with Crippen molar-refractivity contribution in [2.24, 2.45) is 0 Å². The number of aliphatic hydroxyl groups is 1. The van der Waals surface area contributed by atoms with Crippen LogP contribution >= 0.6 is 15.9 Å². The maximum absolute atomic E-state index is 10.9. The fraction of sp³-hybridized carbons (Fsp3) is 0.294. The largest absolute Gasteiger partial charge is 0.496 e. The Kier molecular flexibility index (Phi) is 4.91. The minimum absolute atomic E-state index is 0.657. The maximum Gasteiger partial charge on any atom is 0.128 e. The summed E-state index contributed by atoms with van der Waals surface area (Å²) in [6, 6.07) is 9.45. The fourth-order valence-corrected chi connectivity index (χ4v) is 3.08. The number of methoxy groups -OCH3 is 2. The first-order valence-corrected chi connectivity index (χ1v) is 7.45. The number of benzene rings is 2. The van der Waals surface area contributed by atoms with Gasteiger partial charge in [-0.1, -0.05) is 34.1 Å². The quantitative estimate of drug-likeness (QED) is 0.899. The van der Waals surface area contributed by atoms with Crippen molar-refractivity contribution in [1.29, 1.82) is 0 Å². The van der Waals surface area contributed by atoms with Gasteiger partial charge >= 0.3 is 0 Å². The van der Waals surface area contributed by atoms with Crippen molar-refractivity contribution >= 4 is 15.9 Å². The monoisotopic (exact) mass is 350 g/mol. The molecule has 0 saturated carbocycles. The van der Waals surface area contributed by atoms with E-state index in [1.807, 2.05) is 44.2 Å². The van der Waals surface area contributed by atoms with E-state index in [0.29, 0.717) is 11.5 Å². The first-order chi connectivity index (χ1) is 10.0. The van der Waals surface area contributed by atoms with E-state index in [1.165, 1.54) is 0 Å². The highest BCUT2D eigenvalue weighted by Gasteiger charge is 2.23. The van der Waals surface area contributed by atoms with E-state index in [0.717, 1.165) is 26.7 Å². The molecule has 0 radical (unpaired) electrons. The van der Waals surface area contributed by atoms with Gasteiger partial charge in [-0.25, -0.2) is 0 Å². The predicted octanol–water partition coefficient (Wildman–Crippen LogP) is 4.16. The number of aliphatic hydroxyl groups excluding tert-OH is 1. The van der Waals surface area contributed by atoms with Crippen LogP contribution in [0.4, 0.5) is 0 Å². The van der Waals surface area contributed by atoms with Gasteiger partial charge in [0.05, 0.1) is 14.2 Å². The zero-order valence-electron chi connectivity index (χ0n) is 12.6. The van der Waals surface area contributed by atoms with Gasteiger partial charge in [0.2, 0.25) is 0 Å². The van der Waals surface area contributed by atoms with E-state index in [-0.39, 0.29) is 0 Å². The molecular weight excluding hydrogens is 332 g/mol. The lowest BCUT2D eigenvalue weighted by Gasteiger charge is -2.22. The van der Waals surface area contributed by atoms with Crippen LogP contribution < -0.4 is 9.47 Å². The van der Waals surface area contributed by atoms with E-state index in [2.05, 4.69) is 15.9 Å². The minimum Gasteiger partial charge on any atom is -0.496 e. The number of ether oxygens (including phenoxy) is 2. The molecule has 0 fully saturated rings. The number of aryl methyl sites for hydroxylation is 1. The SMILES string of the molecule is COc1ccccc1C(O)c1c(C)c(Br)cc(C)c1OC. The molecule has 0 saturated heterocycles. The highest BCUT2D eigenvalue weighted by Crippen LogP contribution is 2.40. The molecule has 3 nitrogen and oxygen atoms in total. The predicted molar refractivity (Wildman–Crippen MR) is 87.2 cm³/mol. The van der Waals surface area contributed by atoms with Gasteiger partial charge in [-0.05, 0) is 37.1 Å². The molecule has 0 amide bonds. The lowest BCUT2D eigenvalue weighted by atomic mass is 9.94. The van der Waals surface area contributed by atoms with E-state index < -0.39 is 6.10 Å². The Balaban J connectivity index is 2.65. The van der Waals surface area contributed by atoms with Crippen molar-refractivity contribution in [2.75, 3.05) is 14.2 Å². The first kappa shape index (κ1) is 15.9. The van der Waals surface area contributed by atoms with E-state index >= 15 is 0 Å². The Morgan fingerprint density at radius 1 is 1.10 bits per heavy atom. The summed E-state index contributed by atoms with van der Waals surface area (Å²) >= 11 is 3.54. The summed E-state index contributed by atoms with van der Waals surface area (Å²) in [4.78, 5) is 0. The number of hydrogen-bond acceptors (Lipinski definition) is 3. The third-order valence-electron chi connectivity index (χ3n) is 3.62. The summed E-state index contributed by atoms with van der Waals surface area (Å²) in [7, 11) is 3.22. The molecule has 2 aromatic carbocycles. The van der Waals surface area contributed by atoms with Crippen LogP contribution in [0.15, 0.2) is 34.8 Å². The molecule has 0 spiro atoms. The van der Waals surface area contributed by atoms with Gasteiger partial charge in [0.15, 0.2) is 0 Å². The Hall–Kier alpha value is -1.52. The second-order valence-corrected chi connectivity index (χ2v) is 5.75. The van der Waals surface area contributed by atoms with Crippen LogP contribution in [-0.4, -0.2) is 19.3 Å². The van der Waals surface area contributed by atoms with Crippen LogP contribution in [0.25, 0.3) is 0 Å². The molecule has 1 N–H and O–H groups in total. The molecule has 4 heteroatoms. The molecule has 2 aromatic rings. The molecule has 0 aliphatic rings.